The lowest BCUT2D eigenvalue weighted by atomic mass is 10.2. The number of aromatic nitrogens is 2. The molecular formula is C14H17ClN4O. The van der Waals surface area contributed by atoms with E-state index >= 15 is 0 Å². The summed E-state index contributed by atoms with van der Waals surface area (Å²) in [6.07, 6.45) is 2.22. The van der Waals surface area contributed by atoms with E-state index in [2.05, 4.69) is 20.6 Å². The summed E-state index contributed by atoms with van der Waals surface area (Å²) in [5.41, 5.74) is 2.47. The summed E-state index contributed by atoms with van der Waals surface area (Å²) in [5.74, 6) is 0.847. The lowest BCUT2D eigenvalue weighted by Gasteiger charge is -2.10. The van der Waals surface area contributed by atoms with Crippen molar-refractivity contribution in [2.45, 2.75) is 26.8 Å². The Labute approximate surface area is 122 Å². The van der Waals surface area contributed by atoms with Crippen LogP contribution in [0.5, 0.6) is 0 Å². The number of benzene rings is 1. The number of halogens is 1. The average molecular weight is 293 g/mol. The molecule has 1 aromatic heterocycles. The van der Waals surface area contributed by atoms with E-state index in [4.69, 9.17) is 11.6 Å². The zero-order chi connectivity index (χ0) is 14.5. The summed E-state index contributed by atoms with van der Waals surface area (Å²) >= 11 is 6.14. The van der Waals surface area contributed by atoms with Crippen LogP contribution in [0.1, 0.15) is 24.9 Å². The Kier molecular flexibility index (Phi) is 4.63. The van der Waals surface area contributed by atoms with E-state index in [0.29, 0.717) is 18.0 Å². The first-order chi connectivity index (χ1) is 9.58. The molecular weight excluding hydrogens is 276 g/mol. The maximum atomic E-state index is 11.4. The van der Waals surface area contributed by atoms with Crippen molar-refractivity contribution in [1.29, 1.82) is 0 Å². The van der Waals surface area contributed by atoms with Crippen LogP contribution in [-0.4, -0.2) is 15.9 Å². The number of rotatable bonds is 5. The molecule has 0 radical (unpaired) electrons. The fourth-order valence-electron chi connectivity index (χ4n) is 1.74. The molecule has 0 fully saturated rings. The first-order valence-electron chi connectivity index (χ1n) is 6.42. The zero-order valence-electron chi connectivity index (χ0n) is 11.5. The molecule has 1 heterocycles. The zero-order valence-corrected chi connectivity index (χ0v) is 12.2. The molecule has 0 aliphatic carbocycles. The number of hydrogen-bond acceptors (Lipinski definition) is 3. The minimum atomic E-state index is -0.0255. The van der Waals surface area contributed by atoms with Gasteiger partial charge in [-0.25, -0.2) is 4.98 Å². The van der Waals surface area contributed by atoms with Gasteiger partial charge in [-0.3, -0.25) is 4.79 Å². The highest BCUT2D eigenvalue weighted by Gasteiger charge is 2.05. The van der Waals surface area contributed by atoms with Crippen LogP contribution in [0.25, 0.3) is 0 Å². The molecule has 0 aliphatic rings. The molecule has 5 nitrogen and oxygen atoms in total. The van der Waals surface area contributed by atoms with Crippen LogP contribution in [-0.2, 0) is 11.3 Å². The van der Waals surface area contributed by atoms with Gasteiger partial charge in [0.05, 0.1) is 29.1 Å². The number of aromatic amines is 1. The maximum Gasteiger partial charge on any atom is 0.224 e. The third-order valence-corrected chi connectivity index (χ3v) is 3.13. The minimum Gasteiger partial charge on any atom is -0.378 e. The smallest absolute Gasteiger partial charge is 0.224 e. The van der Waals surface area contributed by atoms with Gasteiger partial charge in [0, 0.05) is 12.1 Å². The second-order valence-electron chi connectivity index (χ2n) is 4.44. The quantitative estimate of drug-likeness (QED) is 0.791. The number of imidazole rings is 1. The van der Waals surface area contributed by atoms with Crippen molar-refractivity contribution >= 4 is 28.9 Å². The SMILES string of the molecule is CCC(=O)Nc1ccc(Cl)c(NCc2cnc(C)[nH]2)c1. The summed E-state index contributed by atoms with van der Waals surface area (Å²) in [7, 11) is 0. The molecule has 0 spiro atoms. The van der Waals surface area contributed by atoms with Gasteiger partial charge in [0.15, 0.2) is 0 Å². The van der Waals surface area contributed by atoms with E-state index in [9.17, 15) is 4.79 Å². The van der Waals surface area contributed by atoms with Crippen molar-refractivity contribution in [3.8, 4) is 0 Å². The number of aryl methyl sites for hydroxylation is 1. The van der Waals surface area contributed by atoms with Crippen LogP contribution < -0.4 is 10.6 Å². The number of carbonyl (C=O) groups excluding carboxylic acids is 1. The van der Waals surface area contributed by atoms with Crippen LogP contribution in [0, 0.1) is 6.92 Å². The second kappa shape index (κ2) is 6.43. The highest BCUT2D eigenvalue weighted by Crippen LogP contribution is 2.26. The number of hydrogen-bond donors (Lipinski definition) is 3. The molecule has 0 saturated carbocycles. The molecule has 2 aromatic rings. The monoisotopic (exact) mass is 292 g/mol. The molecule has 20 heavy (non-hydrogen) atoms. The van der Waals surface area contributed by atoms with E-state index in [0.717, 1.165) is 22.9 Å². The van der Waals surface area contributed by atoms with Crippen molar-refractivity contribution in [1.82, 2.24) is 9.97 Å². The Balaban J connectivity index is 2.06. The average Bonchev–Trinajstić information content (AvgIpc) is 2.85. The Hall–Kier alpha value is -2.01. The van der Waals surface area contributed by atoms with E-state index in [1.165, 1.54) is 0 Å². The fraction of sp³-hybridized carbons (Fsp3) is 0.286. The van der Waals surface area contributed by atoms with Crippen LogP contribution in [0.3, 0.4) is 0 Å². The van der Waals surface area contributed by atoms with Gasteiger partial charge in [0.2, 0.25) is 5.91 Å². The van der Waals surface area contributed by atoms with Gasteiger partial charge >= 0.3 is 0 Å². The Morgan fingerprint density at radius 3 is 2.90 bits per heavy atom. The third kappa shape index (κ3) is 3.74. The highest BCUT2D eigenvalue weighted by atomic mass is 35.5. The lowest BCUT2D eigenvalue weighted by molar-refractivity contribution is -0.115. The molecule has 3 N–H and O–H groups in total. The molecule has 0 bridgehead atoms. The van der Waals surface area contributed by atoms with Crippen LogP contribution >= 0.6 is 11.6 Å². The first kappa shape index (κ1) is 14.4. The minimum absolute atomic E-state index is 0.0255. The molecule has 1 aromatic carbocycles. The fourth-order valence-corrected chi connectivity index (χ4v) is 1.92. The van der Waals surface area contributed by atoms with Crippen molar-refractivity contribution in [2.24, 2.45) is 0 Å². The molecule has 1 amide bonds. The van der Waals surface area contributed by atoms with Gasteiger partial charge in [-0.05, 0) is 25.1 Å². The van der Waals surface area contributed by atoms with Gasteiger partial charge in [0.25, 0.3) is 0 Å². The standard InChI is InChI=1S/C14H17ClN4O/c1-3-14(20)19-10-4-5-12(15)13(6-10)17-8-11-7-16-9(2)18-11/h4-7,17H,3,8H2,1-2H3,(H,16,18)(H,19,20). The first-order valence-corrected chi connectivity index (χ1v) is 6.80. The second-order valence-corrected chi connectivity index (χ2v) is 4.85. The van der Waals surface area contributed by atoms with Crippen molar-refractivity contribution in [2.75, 3.05) is 10.6 Å². The number of carbonyl (C=O) groups is 1. The normalized spacial score (nSPS) is 10.3. The Bertz CT molecular complexity index is 609. The van der Waals surface area contributed by atoms with Gasteiger partial charge < -0.3 is 15.6 Å². The van der Waals surface area contributed by atoms with E-state index in [1.54, 1.807) is 18.3 Å². The van der Waals surface area contributed by atoms with Crippen molar-refractivity contribution < 1.29 is 4.79 Å². The largest absolute Gasteiger partial charge is 0.378 e. The molecule has 0 saturated heterocycles. The molecule has 0 aliphatic heterocycles. The van der Waals surface area contributed by atoms with Gasteiger partial charge in [-0.2, -0.15) is 0 Å². The summed E-state index contributed by atoms with van der Waals surface area (Å²) in [6.45, 7) is 4.30. The topological polar surface area (TPSA) is 69.8 Å². The number of amides is 1. The summed E-state index contributed by atoms with van der Waals surface area (Å²) in [6, 6.07) is 5.36. The molecule has 106 valence electrons. The lowest BCUT2D eigenvalue weighted by Crippen LogP contribution is -2.10. The molecule has 0 unspecified atom stereocenters. The van der Waals surface area contributed by atoms with E-state index in [1.807, 2.05) is 19.9 Å². The Morgan fingerprint density at radius 1 is 1.45 bits per heavy atom. The van der Waals surface area contributed by atoms with Crippen molar-refractivity contribution in [3.63, 3.8) is 0 Å². The predicted molar refractivity (Wildman–Crippen MR) is 81.0 cm³/mol. The van der Waals surface area contributed by atoms with Gasteiger partial charge in [-0.1, -0.05) is 18.5 Å². The molecule has 6 heteroatoms. The maximum absolute atomic E-state index is 11.4. The van der Waals surface area contributed by atoms with E-state index in [-0.39, 0.29) is 5.91 Å². The van der Waals surface area contributed by atoms with Gasteiger partial charge in [0.1, 0.15) is 5.82 Å². The summed E-state index contributed by atoms with van der Waals surface area (Å²) < 4.78 is 0. The van der Waals surface area contributed by atoms with Crippen LogP contribution in [0.15, 0.2) is 24.4 Å². The predicted octanol–water partition coefficient (Wildman–Crippen LogP) is 3.33. The number of nitrogens with one attached hydrogen (secondary N) is 3. The number of H-pyrrole nitrogens is 1. The van der Waals surface area contributed by atoms with Gasteiger partial charge in [-0.15, -0.1) is 0 Å². The number of nitrogens with zero attached hydrogens (tertiary/aromatic N) is 1. The number of anilines is 2. The molecule has 2 rings (SSSR count). The third-order valence-electron chi connectivity index (χ3n) is 2.80. The summed E-state index contributed by atoms with van der Waals surface area (Å²) in [4.78, 5) is 18.7. The molecule has 0 atom stereocenters. The van der Waals surface area contributed by atoms with E-state index < -0.39 is 0 Å². The van der Waals surface area contributed by atoms with Crippen LogP contribution in [0.2, 0.25) is 5.02 Å². The Morgan fingerprint density at radius 2 is 2.25 bits per heavy atom. The summed E-state index contributed by atoms with van der Waals surface area (Å²) in [5, 5.41) is 6.63. The van der Waals surface area contributed by atoms with Crippen LogP contribution in [0.4, 0.5) is 11.4 Å². The highest BCUT2D eigenvalue weighted by molar-refractivity contribution is 6.33. The van der Waals surface area contributed by atoms with Crippen molar-refractivity contribution in [3.05, 3.63) is 40.9 Å².